The summed E-state index contributed by atoms with van der Waals surface area (Å²) in [5.41, 5.74) is 6.36. The molecule has 0 saturated carbocycles. The van der Waals surface area contributed by atoms with Gasteiger partial charge in [-0.2, -0.15) is 0 Å². The Balaban J connectivity index is 1.61. The van der Waals surface area contributed by atoms with Crippen LogP contribution < -0.4 is 4.90 Å². The van der Waals surface area contributed by atoms with Crippen molar-refractivity contribution in [2.24, 2.45) is 0 Å². The molecule has 2 aromatic carbocycles. The fourth-order valence-electron chi connectivity index (χ4n) is 4.76. The number of Topliss-reactive ketones (excluding diaryl/α,β-unsaturated/α-hetero) is 2. The lowest BCUT2D eigenvalue weighted by Crippen LogP contribution is -2.29. The Morgan fingerprint density at radius 2 is 1.63 bits per heavy atom. The Kier molecular flexibility index (Phi) is 3.33. The maximum absolute atomic E-state index is 12.7. The Hall–Kier alpha value is -2.94. The lowest BCUT2D eigenvalue weighted by atomic mass is 9.83. The van der Waals surface area contributed by atoms with Crippen LogP contribution in [0.1, 0.15) is 52.1 Å². The summed E-state index contributed by atoms with van der Waals surface area (Å²) >= 11 is 0. The minimum atomic E-state index is -0.167. The van der Waals surface area contributed by atoms with Gasteiger partial charge in [0.05, 0.1) is 5.57 Å². The molecule has 0 N–H and O–H groups in total. The smallest absolute Gasteiger partial charge is 0.197 e. The van der Waals surface area contributed by atoms with Crippen LogP contribution in [0.2, 0.25) is 0 Å². The summed E-state index contributed by atoms with van der Waals surface area (Å²) in [4.78, 5) is 27.7. The molecule has 0 atom stereocenters. The Labute approximate surface area is 159 Å². The third kappa shape index (κ3) is 2.14. The molecule has 3 nitrogen and oxygen atoms in total. The fraction of sp³-hybridized carbons (Fsp3) is 0.250. The van der Waals surface area contributed by atoms with E-state index in [-0.39, 0.29) is 22.6 Å². The zero-order chi connectivity index (χ0) is 18.8. The molecule has 5 rings (SSSR count). The quantitative estimate of drug-likeness (QED) is 0.553. The van der Waals surface area contributed by atoms with E-state index in [1.165, 1.54) is 16.8 Å². The molecule has 1 aliphatic carbocycles. The van der Waals surface area contributed by atoms with Crippen molar-refractivity contribution in [1.82, 2.24) is 0 Å². The van der Waals surface area contributed by atoms with Crippen LogP contribution in [0.3, 0.4) is 0 Å². The highest BCUT2D eigenvalue weighted by Crippen LogP contribution is 2.51. The molecule has 2 aliphatic heterocycles. The number of aryl methyl sites for hydroxylation is 1. The summed E-state index contributed by atoms with van der Waals surface area (Å²) in [6, 6.07) is 13.6. The van der Waals surface area contributed by atoms with E-state index in [2.05, 4.69) is 36.9 Å². The van der Waals surface area contributed by atoms with Crippen molar-refractivity contribution >= 4 is 17.3 Å². The number of hydrogen-bond donors (Lipinski definition) is 0. The molecule has 134 valence electrons. The van der Waals surface area contributed by atoms with Crippen molar-refractivity contribution in [2.75, 3.05) is 11.4 Å². The fourth-order valence-corrected chi connectivity index (χ4v) is 4.76. The van der Waals surface area contributed by atoms with Gasteiger partial charge in [-0.3, -0.25) is 9.59 Å². The van der Waals surface area contributed by atoms with Crippen LogP contribution in [-0.2, 0) is 11.8 Å². The molecule has 0 fully saturated rings. The number of benzene rings is 2. The number of hydrogen-bond acceptors (Lipinski definition) is 3. The van der Waals surface area contributed by atoms with E-state index in [1.807, 2.05) is 6.08 Å². The van der Waals surface area contributed by atoms with E-state index in [0.29, 0.717) is 11.1 Å². The molecular formula is C24H21NO2. The Bertz CT molecular complexity index is 1030. The molecule has 27 heavy (non-hydrogen) atoms. The van der Waals surface area contributed by atoms with Crippen LogP contribution in [0.15, 0.2) is 65.9 Å². The first-order chi connectivity index (χ1) is 13.0. The summed E-state index contributed by atoms with van der Waals surface area (Å²) in [5.74, 6) is -0.333. The number of ketones is 2. The predicted molar refractivity (Wildman–Crippen MR) is 106 cm³/mol. The van der Waals surface area contributed by atoms with Gasteiger partial charge in [-0.15, -0.1) is 0 Å². The second-order valence-electron chi connectivity index (χ2n) is 8.03. The van der Waals surface area contributed by atoms with Gasteiger partial charge in [0.25, 0.3) is 0 Å². The maximum atomic E-state index is 12.7. The minimum absolute atomic E-state index is 0.149. The molecule has 2 heterocycles. The van der Waals surface area contributed by atoms with Gasteiger partial charge >= 0.3 is 0 Å². The molecule has 0 spiro atoms. The predicted octanol–water partition coefficient (Wildman–Crippen LogP) is 4.62. The Morgan fingerprint density at radius 1 is 0.926 bits per heavy atom. The molecule has 0 bridgehead atoms. The lowest BCUT2D eigenvalue weighted by Gasteiger charge is -2.30. The van der Waals surface area contributed by atoms with Crippen LogP contribution in [0, 0.1) is 0 Å². The molecule has 0 radical (unpaired) electrons. The van der Waals surface area contributed by atoms with Crippen LogP contribution in [0.25, 0.3) is 0 Å². The normalized spacial score (nSPS) is 20.9. The number of carbonyl (C=O) groups is 2. The number of carbonyl (C=O) groups excluding carboxylic acids is 2. The highest BCUT2D eigenvalue weighted by atomic mass is 16.2. The first-order valence-corrected chi connectivity index (χ1v) is 9.51. The van der Waals surface area contributed by atoms with Gasteiger partial charge in [0.1, 0.15) is 0 Å². The Morgan fingerprint density at radius 3 is 2.33 bits per heavy atom. The van der Waals surface area contributed by atoms with Gasteiger partial charge in [-0.05, 0) is 36.1 Å². The van der Waals surface area contributed by atoms with Gasteiger partial charge in [0.15, 0.2) is 11.6 Å². The minimum Gasteiger partial charge on any atom is -0.344 e. The number of rotatable bonds is 1. The summed E-state index contributed by atoms with van der Waals surface area (Å²) in [6.07, 6.45) is 5.95. The van der Waals surface area contributed by atoms with E-state index in [9.17, 15) is 9.59 Å². The van der Waals surface area contributed by atoms with E-state index in [1.54, 1.807) is 30.3 Å². The van der Waals surface area contributed by atoms with Crippen molar-refractivity contribution < 1.29 is 9.59 Å². The number of nitrogens with zero attached hydrogens (tertiary/aromatic N) is 1. The third-order valence-electron chi connectivity index (χ3n) is 6.14. The van der Waals surface area contributed by atoms with E-state index < -0.39 is 0 Å². The zero-order valence-electron chi connectivity index (χ0n) is 15.6. The molecule has 0 unspecified atom stereocenters. The molecule has 3 heteroatoms. The van der Waals surface area contributed by atoms with Crippen molar-refractivity contribution in [3.05, 3.63) is 88.1 Å². The highest BCUT2D eigenvalue weighted by Gasteiger charge is 2.42. The number of allylic oxidation sites excluding steroid dienone is 4. The van der Waals surface area contributed by atoms with Gasteiger partial charge < -0.3 is 4.90 Å². The van der Waals surface area contributed by atoms with Gasteiger partial charge in [-0.1, -0.05) is 56.3 Å². The standard InChI is InChI=1S/C24H21NO2/c1-24(2)19-11-5-7-15-8-6-14-25(21(15)19)20(24)13-12-18-22(26)16-9-3-4-10-17(16)23(18)27/h3-5,7,9-13H,6,8,14H2,1-2H3/b20-13-. The van der Waals surface area contributed by atoms with E-state index in [4.69, 9.17) is 0 Å². The zero-order valence-corrected chi connectivity index (χ0v) is 15.6. The van der Waals surface area contributed by atoms with Crippen molar-refractivity contribution in [1.29, 1.82) is 0 Å². The van der Waals surface area contributed by atoms with Crippen LogP contribution >= 0.6 is 0 Å². The van der Waals surface area contributed by atoms with Crippen LogP contribution in [0.4, 0.5) is 5.69 Å². The van der Waals surface area contributed by atoms with Gasteiger partial charge in [0, 0.05) is 34.5 Å². The molecule has 0 aromatic heterocycles. The summed E-state index contributed by atoms with van der Waals surface area (Å²) in [6.45, 7) is 5.42. The lowest BCUT2D eigenvalue weighted by molar-refractivity contribution is 0.0989. The molecule has 0 saturated heterocycles. The number of para-hydroxylation sites is 1. The highest BCUT2D eigenvalue weighted by molar-refractivity contribution is 6.39. The summed E-state index contributed by atoms with van der Waals surface area (Å²) in [7, 11) is 0. The summed E-state index contributed by atoms with van der Waals surface area (Å²) < 4.78 is 0. The van der Waals surface area contributed by atoms with Gasteiger partial charge in [0.2, 0.25) is 0 Å². The average Bonchev–Trinajstić information content (AvgIpc) is 3.05. The topological polar surface area (TPSA) is 37.4 Å². The monoisotopic (exact) mass is 355 g/mol. The van der Waals surface area contributed by atoms with Crippen molar-refractivity contribution in [3.8, 4) is 0 Å². The van der Waals surface area contributed by atoms with Crippen LogP contribution in [-0.4, -0.2) is 18.1 Å². The van der Waals surface area contributed by atoms with E-state index >= 15 is 0 Å². The molecule has 2 aromatic rings. The van der Waals surface area contributed by atoms with Crippen molar-refractivity contribution in [3.63, 3.8) is 0 Å². The average molecular weight is 355 g/mol. The molecule has 0 amide bonds. The largest absolute Gasteiger partial charge is 0.344 e. The second-order valence-corrected chi connectivity index (χ2v) is 8.03. The first-order valence-electron chi connectivity index (χ1n) is 9.51. The third-order valence-corrected chi connectivity index (χ3v) is 6.14. The van der Waals surface area contributed by atoms with Gasteiger partial charge in [-0.25, -0.2) is 0 Å². The number of fused-ring (bicyclic) bond motifs is 1. The van der Waals surface area contributed by atoms with Crippen molar-refractivity contribution in [2.45, 2.75) is 32.1 Å². The SMILES string of the molecule is CC1(C)/C(=C/C=C2C(=O)c3ccccc3C2=O)N2CCCc3cccc1c32. The van der Waals surface area contributed by atoms with E-state index in [0.717, 1.165) is 25.1 Å². The van der Waals surface area contributed by atoms with Crippen LogP contribution in [0.5, 0.6) is 0 Å². The summed E-state index contributed by atoms with van der Waals surface area (Å²) in [5, 5.41) is 0. The number of anilines is 1. The first kappa shape index (κ1) is 16.2. The maximum Gasteiger partial charge on any atom is 0.197 e. The second kappa shape index (κ2) is 5.53. The molecule has 3 aliphatic rings. The molecular weight excluding hydrogens is 334 g/mol.